The van der Waals surface area contributed by atoms with Gasteiger partial charge in [0, 0.05) is 22.5 Å². The van der Waals surface area contributed by atoms with Gasteiger partial charge in [0.1, 0.15) is 0 Å². The lowest BCUT2D eigenvalue weighted by Crippen LogP contribution is -1.98. The van der Waals surface area contributed by atoms with E-state index >= 15 is 0 Å². The molecule has 5 heteroatoms. The van der Waals surface area contributed by atoms with Crippen LogP contribution in [0.4, 0.5) is 11.4 Å². The van der Waals surface area contributed by atoms with E-state index in [2.05, 4.69) is 15.0 Å². The molecule has 0 fully saturated rings. The number of pyridine rings is 3. The number of nitrogens with two attached hydrogens (primary N) is 2. The summed E-state index contributed by atoms with van der Waals surface area (Å²) in [5.74, 6) is 0. The number of fused-ring (bicyclic) bond motifs is 2. The van der Waals surface area contributed by atoms with Crippen molar-refractivity contribution in [1.29, 1.82) is 0 Å². The lowest BCUT2D eigenvalue weighted by Gasteiger charge is -2.08. The molecule has 4 rings (SSSR count). The molecule has 22 heavy (non-hydrogen) atoms. The summed E-state index contributed by atoms with van der Waals surface area (Å²) in [5.41, 5.74) is 15.9. The van der Waals surface area contributed by atoms with Gasteiger partial charge in [0.25, 0.3) is 0 Å². The quantitative estimate of drug-likeness (QED) is 0.415. The Balaban J connectivity index is 1.96. The van der Waals surface area contributed by atoms with Crippen LogP contribution in [0.5, 0.6) is 0 Å². The van der Waals surface area contributed by atoms with E-state index in [0.717, 1.165) is 22.0 Å². The molecule has 0 unspecified atom stereocenters. The van der Waals surface area contributed by atoms with Gasteiger partial charge in [-0.2, -0.15) is 0 Å². The highest BCUT2D eigenvalue weighted by Crippen LogP contribution is 2.30. The highest BCUT2D eigenvalue weighted by atomic mass is 14.9. The minimum absolute atomic E-state index is 0.535. The Morgan fingerprint density at radius 3 is 2.55 bits per heavy atom. The standard InChI is InChI=1S/C17H13N5/c18-13-5-1-4-12(15(13)19)14-7-6-11-9-10-3-2-8-20-16(10)22-17(11)21-14/h1-9H,18-19H2. The summed E-state index contributed by atoms with van der Waals surface area (Å²) in [7, 11) is 0. The third kappa shape index (κ3) is 1.91. The van der Waals surface area contributed by atoms with Crippen molar-refractivity contribution in [3.8, 4) is 11.3 Å². The molecule has 0 aliphatic rings. The number of para-hydroxylation sites is 1. The van der Waals surface area contributed by atoms with E-state index in [1.807, 2.05) is 42.5 Å². The summed E-state index contributed by atoms with van der Waals surface area (Å²) < 4.78 is 0. The van der Waals surface area contributed by atoms with Crippen LogP contribution in [-0.2, 0) is 0 Å². The van der Waals surface area contributed by atoms with Gasteiger partial charge < -0.3 is 11.5 Å². The Kier molecular flexibility index (Phi) is 2.66. The number of hydrogen-bond donors (Lipinski definition) is 2. The maximum absolute atomic E-state index is 6.05. The number of hydrogen-bond acceptors (Lipinski definition) is 5. The predicted octanol–water partition coefficient (Wildman–Crippen LogP) is 3.01. The second kappa shape index (κ2) is 4.66. The third-order valence-electron chi connectivity index (χ3n) is 3.66. The van der Waals surface area contributed by atoms with Crippen LogP contribution in [-0.4, -0.2) is 15.0 Å². The molecule has 5 nitrogen and oxygen atoms in total. The summed E-state index contributed by atoms with van der Waals surface area (Å²) in [6.45, 7) is 0. The number of nitrogen functional groups attached to an aromatic ring is 2. The zero-order chi connectivity index (χ0) is 15.1. The molecule has 0 amide bonds. The summed E-state index contributed by atoms with van der Waals surface area (Å²) in [6.07, 6.45) is 1.72. The molecule has 106 valence electrons. The number of benzene rings is 1. The monoisotopic (exact) mass is 287 g/mol. The number of aromatic nitrogens is 3. The predicted molar refractivity (Wildman–Crippen MR) is 89.1 cm³/mol. The number of rotatable bonds is 1. The van der Waals surface area contributed by atoms with Gasteiger partial charge in [0.15, 0.2) is 11.3 Å². The van der Waals surface area contributed by atoms with Gasteiger partial charge in [-0.1, -0.05) is 12.1 Å². The second-order valence-electron chi connectivity index (χ2n) is 5.09. The Morgan fingerprint density at radius 2 is 1.64 bits per heavy atom. The Morgan fingerprint density at radius 1 is 0.773 bits per heavy atom. The van der Waals surface area contributed by atoms with Crippen molar-refractivity contribution in [3.05, 3.63) is 54.7 Å². The highest BCUT2D eigenvalue weighted by molar-refractivity contribution is 5.91. The molecular formula is C17H13N5. The van der Waals surface area contributed by atoms with E-state index < -0.39 is 0 Å². The first-order valence-electron chi connectivity index (χ1n) is 6.89. The van der Waals surface area contributed by atoms with Crippen LogP contribution in [0, 0.1) is 0 Å². The minimum atomic E-state index is 0.535. The lowest BCUT2D eigenvalue weighted by atomic mass is 10.1. The number of anilines is 2. The van der Waals surface area contributed by atoms with Crippen molar-refractivity contribution in [3.63, 3.8) is 0 Å². The van der Waals surface area contributed by atoms with E-state index in [1.165, 1.54) is 0 Å². The first-order valence-corrected chi connectivity index (χ1v) is 6.89. The summed E-state index contributed by atoms with van der Waals surface area (Å²) >= 11 is 0. The van der Waals surface area contributed by atoms with Gasteiger partial charge in [-0.05, 0) is 36.4 Å². The SMILES string of the molecule is Nc1cccc(-c2ccc3cc4cccnc4nc3n2)c1N. The molecular weight excluding hydrogens is 274 g/mol. The van der Waals surface area contributed by atoms with E-state index in [9.17, 15) is 0 Å². The fraction of sp³-hybridized carbons (Fsp3) is 0. The first kappa shape index (κ1) is 12.5. The van der Waals surface area contributed by atoms with Crippen molar-refractivity contribution in [2.75, 3.05) is 11.5 Å². The van der Waals surface area contributed by atoms with Crippen LogP contribution in [0.1, 0.15) is 0 Å². The topological polar surface area (TPSA) is 90.7 Å². The van der Waals surface area contributed by atoms with Crippen LogP contribution in [0.15, 0.2) is 54.7 Å². The minimum Gasteiger partial charge on any atom is -0.397 e. The van der Waals surface area contributed by atoms with E-state index in [-0.39, 0.29) is 0 Å². The average Bonchev–Trinajstić information content (AvgIpc) is 2.55. The van der Waals surface area contributed by atoms with Crippen molar-refractivity contribution in [2.45, 2.75) is 0 Å². The fourth-order valence-electron chi connectivity index (χ4n) is 2.50. The van der Waals surface area contributed by atoms with E-state index in [0.29, 0.717) is 22.7 Å². The summed E-state index contributed by atoms with van der Waals surface area (Å²) in [6, 6.07) is 15.4. The molecule has 4 N–H and O–H groups in total. The van der Waals surface area contributed by atoms with Crippen LogP contribution in [0.25, 0.3) is 33.3 Å². The molecule has 0 radical (unpaired) electrons. The van der Waals surface area contributed by atoms with Gasteiger partial charge in [-0.15, -0.1) is 0 Å². The molecule has 0 spiro atoms. The van der Waals surface area contributed by atoms with E-state index in [4.69, 9.17) is 11.5 Å². The van der Waals surface area contributed by atoms with E-state index in [1.54, 1.807) is 12.3 Å². The van der Waals surface area contributed by atoms with Crippen molar-refractivity contribution in [2.24, 2.45) is 0 Å². The zero-order valence-electron chi connectivity index (χ0n) is 11.7. The molecule has 3 heterocycles. The summed E-state index contributed by atoms with van der Waals surface area (Å²) in [5, 5.41) is 1.96. The van der Waals surface area contributed by atoms with Gasteiger partial charge in [-0.25, -0.2) is 15.0 Å². The first-order chi connectivity index (χ1) is 10.7. The molecule has 1 aromatic carbocycles. The molecule has 0 aliphatic carbocycles. The van der Waals surface area contributed by atoms with Gasteiger partial charge in [0.05, 0.1) is 17.1 Å². The molecule has 4 aromatic rings. The third-order valence-corrected chi connectivity index (χ3v) is 3.66. The maximum atomic E-state index is 6.05. The Hall–Kier alpha value is -3.21. The molecule has 0 aliphatic heterocycles. The van der Waals surface area contributed by atoms with Crippen molar-refractivity contribution in [1.82, 2.24) is 15.0 Å². The van der Waals surface area contributed by atoms with Gasteiger partial charge >= 0.3 is 0 Å². The Labute approximate surface area is 126 Å². The van der Waals surface area contributed by atoms with Gasteiger partial charge in [-0.3, -0.25) is 0 Å². The van der Waals surface area contributed by atoms with Crippen molar-refractivity contribution >= 4 is 33.4 Å². The largest absolute Gasteiger partial charge is 0.397 e. The average molecular weight is 287 g/mol. The molecule has 0 saturated heterocycles. The Bertz CT molecular complexity index is 1010. The molecule has 3 aromatic heterocycles. The van der Waals surface area contributed by atoms with Crippen LogP contribution in [0.2, 0.25) is 0 Å². The second-order valence-corrected chi connectivity index (χ2v) is 5.09. The zero-order valence-corrected chi connectivity index (χ0v) is 11.7. The highest BCUT2D eigenvalue weighted by Gasteiger charge is 2.08. The van der Waals surface area contributed by atoms with Gasteiger partial charge in [0.2, 0.25) is 0 Å². The lowest BCUT2D eigenvalue weighted by molar-refractivity contribution is 1.27. The smallest absolute Gasteiger partial charge is 0.162 e. The van der Waals surface area contributed by atoms with Crippen LogP contribution >= 0.6 is 0 Å². The van der Waals surface area contributed by atoms with Crippen LogP contribution < -0.4 is 11.5 Å². The molecule has 0 saturated carbocycles. The van der Waals surface area contributed by atoms with Crippen LogP contribution in [0.3, 0.4) is 0 Å². The fourth-order valence-corrected chi connectivity index (χ4v) is 2.50. The number of nitrogens with zero attached hydrogens (tertiary/aromatic N) is 3. The van der Waals surface area contributed by atoms with Crippen molar-refractivity contribution < 1.29 is 0 Å². The maximum Gasteiger partial charge on any atom is 0.162 e. The summed E-state index contributed by atoms with van der Waals surface area (Å²) in [4.78, 5) is 13.4. The molecule has 0 bridgehead atoms. The molecule has 0 atom stereocenters. The normalized spacial score (nSPS) is 11.1.